The van der Waals surface area contributed by atoms with E-state index < -0.39 is 0 Å². The van der Waals surface area contributed by atoms with Crippen molar-refractivity contribution < 1.29 is 4.79 Å². The van der Waals surface area contributed by atoms with Crippen LogP contribution in [0.25, 0.3) is 5.78 Å². The summed E-state index contributed by atoms with van der Waals surface area (Å²) < 4.78 is 3.24. The van der Waals surface area contributed by atoms with Crippen molar-refractivity contribution in [2.24, 2.45) is 0 Å². The molecular weight excluding hydrogens is 398 g/mol. The normalized spacial score (nSPS) is 11.2. The van der Waals surface area contributed by atoms with Crippen LogP contribution in [0.15, 0.2) is 76.7 Å². The van der Waals surface area contributed by atoms with Crippen LogP contribution in [0.5, 0.6) is 0 Å². The Balaban J connectivity index is 1.53. The zero-order chi connectivity index (χ0) is 21.1. The zero-order valence-corrected chi connectivity index (χ0v) is 17.5. The number of carbonyl (C=O) groups is 1. The number of thioether (sulfide) groups is 1. The van der Waals surface area contributed by atoms with E-state index >= 15 is 0 Å². The summed E-state index contributed by atoms with van der Waals surface area (Å²) in [4.78, 5) is 34.7. The second-order valence-corrected chi connectivity index (χ2v) is 8.04. The largest absolute Gasteiger partial charge is 0.321 e. The predicted octanol–water partition coefficient (Wildman–Crippen LogP) is 4.02. The Hall–Kier alpha value is -3.39. The zero-order valence-electron chi connectivity index (χ0n) is 16.6. The summed E-state index contributed by atoms with van der Waals surface area (Å²) in [6, 6.07) is 18.3. The summed E-state index contributed by atoms with van der Waals surface area (Å²) in [6.45, 7) is 3.97. The topological polar surface area (TPSA) is 81.3 Å². The molecule has 1 amide bonds. The standard InChI is InChI=1S/C22H21N5O2S/c1-15(2)26-14-23-22-24-17(12-20(28)27(22)26)13-30-19-11-7-6-10-18(19)25-21(29)16-8-4-3-5-9-16/h3-12,14-15H,13H2,1-2H3,(H,25,29). The van der Waals surface area contributed by atoms with Gasteiger partial charge in [-0.05, 0) is 38.1 Å². The number of amides is 1. The predicted molar refractivity (Wildman–Crippen MR) is 118 cm³/mol. The Morgan fingerprint density at radius 1 is 1.10 bits per heavy atom. The minimum Gasteiger partial charge on any atom is -0.321 e. The summed E-state index contributed by atoms with van der Waals surface area (Å²) in [6.07, 6.45) is 1.62. The number of nitrogens with one attached hydrogen (secondary N) is 1. The lowest BCUT2D eigenvalue weighted by Gasteiger charge is -2.11. The number of para-hydroxylation sites is 1. The van der Waals surface area contributed by atoms with Crippen molar-refractivity contribution in [1.29, 1.82) is 0 Å². The number of aromatic nitrogens is 4. The van der Waals surface area contributed by atoms with E-state index in [4.69, 9.17) is 0 Å². The van der Waals surface area contributed by atoms with Gasteiger partial charge in [0.05, 0.1) is 11.4 Å². The van der Waals surface area contributed by atoms with Crippen LogP contribution >= 0.6 is 11.8 Å². The van der Waals surface area contributed by atoms with Gasteiger partial charge in [-0.25, -0.2) is 4.98 Å². The monoisotopic (exact) mass is 419 g/mol. The maximum absolute atomic E-state index is 12.6. The van der Waals surface area contributed by atoms with Crippen LogP contribution in [-0.4, -0.2) is 25.1 Å². The van der Waals surface area contributed by atoms with Crippen LogP contribution in [-0.2, 0) is 5.75 Å². The Labute approximate surface area is 177 Å². The Bertz CT molecular complexity index is 1250. The molecule has 30 heavy (non-hydrogen) atoms. The van der Waals surface area contributed by atoms with Crippen LogP contribution in [0.4, 0.5) is 5.69 Å². The van der Waals surface area contributed by atoms with E-state index in [0.717, 1.165) is 10.6 Å². The molecule has 2 aromatic carbocycles. The van der Waals surface area contributed by atoms with Gasteiger partial charge in [0.15, 0.2) is 0 Å². The molecule has 1 N–H and O–H groups in total. The first-order valence-corrected chi connectivity index (χ1v) is 10.6. The van der Waals surface area contributed by atoms with Crippen LogP contribution in [0.2, 0.25) is 0 Å². The minimum atomic E-state index is -0.166. The highest BCUT2D eigenvalue weighted by atomic mass is 32.2. The molecule has 0 saturated carbocycles. The smallest absolute Gasteiger partial charge is 0.274 e. The molecule has 0 radical (unpaired) electrons. The molecule has 0 bridgehead atoms. The quantitative estimate of drug-likeness (QED) is 0.478. The fourth-order valence-corrected chi connectivity index (χ4v) is 3.94. The van der Waals surface area contributed by atoms with Crippen LogP contribution in [0, 0.1) is 0 Å². The molecule has 0 aliphatic heterocycles. The lowest BCUT2D eigenvalue weighted by molar-refractivity contribution is 0.102. The first kappa shape index (κ1) is 19.9. The maximum Gasteiger partial charge on any atom is 0.274 e. The molecule has 0 unspecified atom stereocenters. The Morgan fingerprint density at radius 3 is 2.60 bits per heavy atom. The lowest BCUT2D eigenvalue weighted by Crippen LogP contribution is -2.22. The molecule has 152 valence electrons. The van der Waals surface area contributed by atoms with Crippen molar-refractivity contribution in [2.45, 2.75) is 30.5 Å². The molecule has 0 saturated heterocycles. The summed E-state index contributed by atoms with van der Waals surface area (Å²) in [5.74, 6) is 0.705. The molecular formula is C22H21N5O2S. The van der Waals surface area contributed by atoms with Crippen LogP contribution in [0.3, 0.4) is 0 Å². The van der Waals surface area contributed by atoms with Crippen molar-refractivity contribution in [1.82, 2.24) is 19.2 Å². The summed E-state index contributed by atoms with van der Waals surface area (Å²) in [5.41, 5.74) is 1.80. The maximum atomic E-state index is 12.6. The van der Waals surface area contributed by atoms with Gasteiger partial charge < -0.3 is 5.32 Å². The number of anilines is 1. The van der Waals surface area contributed by atoms with E-state index in [1.165, 1.54) is 22.3 Å². The molecule has 7 nitrogen and oxygen atoms in total. The molecule has 4 aromatic rings. The number of carbonyl (C=O) groups excluding carboxylic acids is 1. The molecule has 0 aliphatic rings. The van der Waals surface area contributed by atoms with Gasteiger partial charge in [-0.1, -0.05) is 30.3 Å². The third-order valence-electron chi connectivity index (χ3n) is 4.53. The highest BCUT2D eigenvalue weighted by Gasteiger charge is 2.12. The van der Waals surface area contributed by atoms with Crippen molar-refractivity contribution in [2.75, 3.05) is 5.32 Å². The van der Waals surface area contributed by atoms with Crippen LogP contribution in [0.1, 0.15) is 35.9 Å². The van der Waals surface area contributed by atoms with E-state index in [1.54, 1.807) is 23.1 Å². The number of hydrogen-bond donors (Lipinski definition) is 1. The fraction of sp³-hybridized carbons (Fsp3) is 0.182. The molecule has 0 fully saturated rings. The van der Waals surface area contributed by atoms with Gasteiger partial charge in [-0.3, -0.25) is 14.3 Å². The van der Waals surface area contributed by atoms with Gasteiger partial charge in [0.25, 0.3) is 17.2 Å². The van der Waals surface area contributed by atoms with E-state index in [1.807, 2.05) is 56.3 Å². The van der Waals surface area contributed by atoms with Crippen molar-refractivity contribution in [3.8, 4) is 0 Å². The summed E-state index contributed by atoms with van der Waals surface area (Å²) in [7, 11) is 0. The molecule has 4 rings (SSSR count). The summed E-state index contributed by atoms with van der Waals surface area (Å²) in [5, 5.41) is 2.96. The SMILES string of the molecule is CC(C)n1cnc2nc(CSc3ccccc3NC(=O)c3ccccc3)cc(=O)n21. The third kappa shape index (κ3) is 4.13. The van der Waals surface area contributed by atoms with Gasteiger partial charge in [-0.15, -0.1) is 11.8 Å². The average Bonchev–Trinajstić information content (AvgIpc) is 3.19. The molecule has 8 heteroatoms. The molecule has 0 aliphatic carbocycles. The Morgan fingerprint density at radius 2 is 1.83 bits per heavy atom. The average molecular weight is 420 g/mol. The van der Waals surface area contributed by atoms with Gasteiger partial charge in [-0.2, -0.15) is 9.50 Å². The molecule has 0 spiro atoms. The van der Waals surface area contributed by atoms with Gasteiger partial charge in [0, 0.05) is 28.3 Å². The highest BCUT2D eigenvalue weighted by molar-refractivity contribution is 7.98. The van der Waals surface area contributed by atoms with Crippen molar-refractivity contribution in [3.63, 3.8) is 0 Å². The second kappa shape index (κ2) is 8.54. The van der Waals surface area contributed by atoms with E-state index in [-0.39, 0.29) is 17.5 Å². The first-order chi connectivity index (χ1) is 14.5. The number of rotatable bonds is 6. The first-order valence-electron chi connectivity index (χ1n) is 9.57. The van der Waals surface area contributed by atoms with Crippen molar-refractivity contribution >= 4 is 29.1 Å². The highest BCUT2D eigenvalue weighted by Crippen LogP contribution is 2.29. The van der Waals surface area contributed by atoms with E-state index in [2.05, 4.69) is 15.3 Å². The third-order valence-corrected chi connectivity index (χ3v) is 5.64. The van der Waals surface area contributed by atoms with Crippen molar-refractivity contribution in [3.05, 3.63) is 88.6 Å². The van der Waals surface area contributed by atoms with E-state index in [0.29, 0.717) is 22.8 Å². The van der Waals surface area contributed by atoms with Crippen LogP contribution < -0.4 is 10.9 Å². The number of nitrogens with zero attached hydrogens (tertiary/aromatic N) is 4. The van der Waals surface area contributed by atoms with Gasteiger partial charge in [0.1, 0.15) is 6.33 Å². The lowest BCUT2D eigenvalue weighted by atomic mass is 10.2. The van der Waals surface area contributed by atoms with E-state index in [9.17, 15) is 9.59 Å². The number of fused-ring (bicyclic) bond motifs is 1. The minimum absolute atomic E-state index is 0.106. The van der Waals surface area contributed by atoms with Gasteiger partial charge >= 0.3 is 0 Å². The second-order valence-electron chi connectivity index (χ2n) is 7.02. The Kier molecular flexibility index (Phi) is 5.67. The number of hydrogen-bond acceptors (Lipinski definition) is 5. The molecule has 0 atom stereocenters. The molecule has 2 heterocycles. The fourth-order valence-electron chi connectivity index (χ4n) is 3.04. The number of benzene rings is 2. The van der Waals surface area contributed by atoms with Gasteiger partial charge in [0.2, 0.25) is 0 Å². The molecule has 2 aromatic heterocycles. The summed E-state index contributed by atoms with van der Waals surface area (Å²) >= 11 is 1.51.